The Labute approximate surface area is 107 Å². The number of ether oxygens (including phenoxy) is 1. The van der Waals surface area contributed by atoms with Crippen LogP contribution in [0.15, 0.2) is 36.5 Å². The number of hydrogen-bond acceptors (Lipinski definition) is 3. The summed E-state index contributed by atoms with van der Waals surface area (Å²) >= 11 is 0. The van der Waals surface area contributed by atoms with Crippen molar-refractivity contribution < 1.29 is 17.9 Å². The number of hydrogen-bond donors (Lipinski definition) is 1. The van der Waals surface area contributed by atoms with Gasteiger partial charge in [0, 0.05) is 29.1 Å². The fraction of sp³-hybridized carbons (Fsp3) is 0.154. The van der Waals surface area contributed by atoms with Crippen molar-refractivity contribution in [1.29, 1.82) is 0 Å². The molecule has 1 heterocycles. The van der Waals surface area contributed by atoms with Gasteiger partial charge in [-0.25, -0.2) is 4.98 Å². The van der Waals surface area contributed by atoms with E-state index in [1.807, 2.05) is 0 Å². The Hall–Kier alpha value is -2.24. The van der Waals surface area contributed by atoms with Crippen LogP contribution >= 0.6 is 0 Å². The third-order valence-electron chi connectivity index (χ3n) is 2.64. The molecule has 1 aromatic heterocycles. The Balaban J connectivity index is 2.48. The van der Waals surface area contributed by atoms with E-state index in [2.05, 4.69) is 4.98 Å². The van der Waals surface area contributed by atoms with E-state index in [4.69, 9.17) is 10.5 Å². The summed E-state index contributed by atoms with van der Waals surface area (Å²) in [6.45, 7) is 0. The molecule has 0 spiro atoms. The lowest BCUT2D eigenvalue weighted by molar-refractivity contribution is -0.137. The van der Waals surface area contributed by atoms with Gasteiger partial charge >= 0.3 is 6.18 Å². The molecule has 100 valence electrons. The highest BCUT2D eigenvalue weighted by Crippen LogP contribution is 2.35. The molecule has 2 N–H and O–H groups in total. The number of benzene rings is 1. The molecule has 19 heavy (non-hydrogen) atoms. The zero-order chi connectivity index (χ0) is 14.0. The molecule has 0 aliphatic heterocycles. The Morgan fingerprint density at radius 2 is 1.89 bits per heavy atom. The number of nitrogens with zero attached hydrogens (tertiary/aromatic N) is 1. The molecule has 0 atom stereocenters. The summed E-state index contributed by atoms with van der Waals surface area (Å²) in [5.41, 5.74) is 6.03. The van der Waals surface area contributed by atoms with Crippen molar-refractivity contribution in [2.24, 2.45) is 0 Å². The molecular formula is C13H11F3N2O. The molecule has 0 unspecified atom stereocenters. The second-order valence-corrected chi connectivity index (χ2v) is 3.89. The van der Waals surface area contributed by atoms with Gasteiger partial charge in [0.15, 0.2) is 0 Å². The summed E-state index contributed by atoms with van der Waals surface area (Å²) in [5.74, 6) is 0.384. The van der Waals surface area contributed by atoms with Crippen LogP contribution in [0, 0.1) is 0 Å². The van der Waals surface area contributed by atoms with E-state index in [0.29, 0.717) is 17.0 Å². The maximum absolute atomic E-state index is 12.7. The molecule has 0 aliphatic rings. The van der Waals surface area contributed by atoms with Gasteiger partial charge < -0.3 is 10.5 Å². The molecule has 0 aliphatic carbocycles. The number of anilines is 1. The second kappa shape index (κ2) is 4.79. The molecule has 3 nitrogen and oxygen atoms in total. The van der Waals surface area contributed by atoms with Gasteiger partial charge in [0.05, 0.1) is 12.7 Å². The van der Waals surface area contributed by atoms with Gasteiger partial charge in [0.2, 0.25) is 5.88 Å². The average molecular weight is 268 g/mol. The fourth-order valence-corrected chi connectivity index (χ4v) is 1.64. The summed E-state index contributed by atoms with van der Waals surface area (Å²) in [4.78, 5) is 3.95. The largest absolute Gasteiger partial charge is 0.481 e. The normalized spacial score (nSPS) is 11.4. The number of nitrogen functional groups attached to an aromatic ring is 1. The monoisotopic (exact) mass is 268 g/mol. The second-order valence-electron chi connectivity index (χ2n) is 3.89. The lowest BCUT2D eigenvalue weighted by Crippen LogP contribution is -2.05. The molecular weight excluding hydrogens is 257 g/mol. The lowest BCUT2D eigenvalue weighted by Gasteiger charge is -2.11. The van der Waals surface area contributed by atoms with Gasteiger partial charge in [-0.1, -0.05) is 0 Å². The molecule has 6 heteroatoms. The number of alkyl halides is 3. The van der Waals surface area contributed by atoms with E-state index in [9.17, 15) is 13.2 Å². The predicted octanol–water partition coefficient (Wildman–Crippen LogP) is 3.36. The van der Waals surface area contributed by atoms with Crippen LogP contribution in [-0.4, -0.2) is 12.1 Å². The molecule has 1 aromatic carbocycles. The zero-order valence-electron chi connectivity index (χ0n) is 10.0. The molecule has 0 radical (unpaired) electrons. The third kappa shape index (κ3) is 2.78. The highest BCUT2D eigenvalue weighted by molar-refractivity contribution is 5.76. The topological polar surface area (TPSA) is 48.1 Å². The maximum atomic E-state index is 12.7. The smallest absolute Gasteiger partial charge is 0.416 e. The molecule has 0 amide bonds. The minimum absolute atomic E-state index is 0.264. The minimum Gasteiger partial charge on any atom is -0.481 e. The van der Waals surface area contributed by atoms with Crippen molar-refractivity contribution in [3.63, 3.8) is 0 Å². The molecule has 2 rings (SSSR count). The Bertz CT molecular complexity index is 579. The highest BCUT2D eigenvalue weighted by atomic mass is 19.4. The van der Waals surface area contributed by atoms with Gasteiger partial charge in [0.25, 0.3) is 0 Å². The van der Waals surface area contributed by atoms with Gasteiger partial charge in [-0.05, 0) is 24.3 Å². The summed E-state index contributed by atoms with van der Waals surface area (Å²) in [5, 5.41) is 0. The van der Waals surface area contributed by atoms with Crippen LogP contribution in [0.4, 0.5) is 18.9 Å². The number of nitrogens with two attached hydrogens (primary N) is 1. The van der Waals surface area contributed by atoms with E-state index in [1.54, 1.807) is 12.1 Å². The number of pyridine rings is 1. The van der Waals surface area contributed by atoms with Crippen molar-refractivity contribution in [3.8, 4) is 17.0 Å². The maximum Gasteiger partial charge on any atom is 0.416 e. The van der Waals surface area contributed by atoms with Crippen molar-refractivity contribution in [2.45, 2.75) is 6.18 Å². The Morgan fingerprint density at radius 1 is 1.16 bits per heavy atom. The number of rotatable bonds is 2. The summed E-state index contributed by atoms with van der Waals surface area (Å²) in [7, 11) is 1.46. The first-order chi connectivity index (χ1) is 8.91. The van der Waals surface area contributed by atoms with E-state index in [0.717, 1.165) is 12.1 Å². The molecule has 0 fully saturated rings. The molecule has 0 saturated carbocycles. The summed E-state index contributed by atoms with van der Waals surface area (Å²) in [6.07, 6.45) is -2.98. The van der Waals surface area contributed by atoms with Crippen LogP contribution in [0.25, 0.3) is 11.1 Å². The summed E-state index contributed by atoms with van der Waals surface area (Å²) < 4.78 is 42.9. The third-order valence-corrected chi connectivity index (χ3v) is 2.64. The van der Waals surface area contributed by atoms with Crippen LogP contribution in [0.1, 0.15) is 5.56 Å². The van der Waals surface area contributed by atoms with Crippen molar-refractivity contribution >= 4 is 5.69 Å². The van der Waals surface area contributed by atoms with Crippen LogP contribution in [0.3, 0.4) is 0 Å². The first-order valence-corrected chi connectivity index (χ1v) is 5.39. The first-order valence-electron chi connectivity index (χ1n) is 5.39. The minimum atomic E-state index is -4.40. The Morgan fingerprint density at radius 3 is 2.42 bits per heavy atom. The first kappa shape index (κ1) is 13.2. The van der Waals surface area contributed by atoms with Crippen molar-refractivity contribution in [2.75, 3.05) is 12.8 Å². The van der Waals surface area contributed by atoms with E-state index >= 15 is 0 Å². The van der Waals surface area contributed by atoms with E-state index in [1.165, 1.54) is 19.4 Å². The molecule has 0 bridgehead atoms. The predicted molar refractivity (Wildman–Crippen MR) is 65.6 cm³/mol. The number of aromatic nitrogens is 1. The Kier molecular flexibility index (Phi) is 3.33. The molecule has 0 saturated heterocycles. The molecule has 2 aromatic rings. The highest BCUT2D eigenvalue weighted by Gasteiger charge is 2.30. The van der Waals surface area contributed by atoms with Crippen LogP contribution in [0.5, 0.6) is 5.88 Å². The van der Waals surface area contributed by atoms with Crippen LogP contribution < -0.4 is 10.5 Å². The standard InChI is InChI=1S/C13H11F3N2O/c1-19-12-5-2-8(7-18-12)10-6-9(13(14,15)16)3-4-11(10)17/h2-7H,17H2,1H3. The average Bonchev–Trinajstić information content (AvgIpc) is 2.38. The van der Waals surface area contributed by atoms with Crippen molar-refractivity contribution in [1.82, 2.24) is 4.98 Å². The lowest BCUT2D eigenvalue weighted by atomic mass is 10.0. The van der Waals surface area contributed by atoms with Crippen molar-refractivity contribution in [3.05, 3.63) is 42.1 Å². The quantitative estimate of drug-likeness (QED) is 0.849. The summed E-state index contributed by atoms with van der Waals surface area (Å²) in [6, 6.07) is 6.38. The van der Waals surface area contributed by atoms with Crippen LogP contribution in [0.2, 0.25) is 0 Å². The van der Waals surface area contributed by atoms with Gasteiger partial charge in [-0.15, -0.1) is 0 Å². The number of methoxy groups -OCH3 is 1. The van der Waals surface area contributed by atoms with Crippen LogP contribution in [-0.2, 0) is 6.18 Å². The number of halogens is 3. The zero-order valence-corrected chi connectivity index (χ0v) is 10.0. The SMILES string of the molecule is COc1ccc(-c2cc(C(F)(F)F)ccc2N)cn1. The fourth-order valence-electron chi connectivity index (χ4n) is 1.64. The van der Waals surface area contributed by atoms with Gasteiger partial charge in [-0.3, -0.25) is 0 Å². The van der Waals surface area contributed by atoms with E-state index < -0.39 is 11.7 Å². The van der Waals surface area contributed by atoms with E-state index in [-0.39, 0.29) is 5.69 Å². The van der Waals surface area contributed by atoms with Gasteiger partial charge in [0.1, 0.15) is 0 Å². The van der Waals surface area contributed by atoms with Gasteiger partial charge in [-0.2, -0.15) is 13.2 Å².